The van der Waals surface area contributed by atoms with Gasteiger partial charge in [0.2, 0.25) is 0 Å². The highest BCUT2D eigenvalue weighted by Crippen LogP contribution is 2.21. The summed E-state index contributed by atoms with van der Waals surface area (Å²) >= 11 is 0. The number of nitrogens with zero attached hydrogens (tertiary/aromatic N) is 6. The van der Waals surface area contributed by atoms with Gasteiger partial charge in [-0.05, 0) is 44.0 Å². The van der Waals surface area contributed by atoms with Crippen LogP contribution in [0.4, 0.5) is 11.6 Å². The van der Waals surface area contributed by atoms with E-state index in [1.165, 1.54) is 0 Å². The number of amidine groups is 1. The van der Waals surface area contributed by atoms with Gasteiger partial charge in [0.25, 0.3) is 0 Å². The minimum absolute atomic E-state index is 0.345. The molecule has 0 amide bonds. The van der Waals surface area contributed by atoms with E-state index in [9.17, 15) is 0 Å². The van der Waals surface area contributed by atoms with Crippen molar-refractivity contribution in [1.29, 1.82) is 0 Å². The number of aryl methyl sites for hydroxylation is 1. The fourth-order valence-electron chi connectivity index (χ4n) is 3.61. The number of aromatic nitrogens is 4. The van der Waals surface area contributed by atoms with Crippen LogP contribution in [0.2, 0.25) is 0 Å². The molecule has 37 heavy (non-hydrogen) atoms. The lowest BCUT2D eigenvalue weighted by Crippen LogP contribution is -2.24. The van der Waals surface area contributed by atoms with Crippen LogP contribution in [-0.4, -0.2) is 64.6 Å². The number of benzene rings is 1. The topological polar surface area (TPSA) is 128 Å². The number of hydrogen-bond acceptors (Lipinski definition) is 8. The van der Waals surface area contributed by atoms with Crippen molar-refractivity contribution in [2.24, 2.45) is 23.0 Å². The molecule has 2 aromatic heterocycles. The van der Waals surface area contributed by atoms with Gasteiger partial charge >= 0.3 is 0 Å². The second kappa shape index (κ2) is 14.8. The van der Waals surface area contributed by atoms with Crippen LogP contribution in [0.25, 0.3) is 11.3 Å². The highest BCUT2D eigenvalue weighted by molar-refractivity contribution is 6.03. The largest absolute Gasteiger partial charge is 0.381 e. The highest BCUT2D eigenvalue weighted by Gasteiger charge is 2.09. The Kier molecular flexibility index (Phi) is 11.2. The molecule has 4 N–H and O–H groups in total. The number of aliphatic imine (C=N–C) groups is 2. The molecule has 0 spiro atoms. The van der Waals surface area contributed by atoms with Crippen LogP contribution in [0, 0.1) is 5.92 Å². The predicted molar refractivity (Wildman–Crippen MR) is 151 cm³/mol. The quantitative estimate of drug-likeness (QED) is 0.174. The molecule has 0 fully saturated rings. The molecular formula is C27H39N9O. The number of nitrogen functional groups attached to an aromatic ring is 1. The molecule has 0 aliphatic heterocycles. The van der Waals surface area contributed by atoms with E-state index < -0.39 is 0 Å². The first-order chi connectivity index (χ1) is 18.0. The molecule has 0 saturated carbocycles. The Morgan fingerprint density at radius 2 is 2.14 bits per heavy atom. The van der Waals surface area contributed by atoms with E-state index in [0.717, 1.165) is 36.2 Å². The number of nitrogens with two attached hydrogens (primary N) is 1. The molecule has 10 heteroatoms. The maximum absolute atomic E-state index is 6.07. The van der Waals surface area contributed by atoms with E-state index in [1.807, 2.05) is 38.4 Å². The summed E-state index contributed by atoms with van der Waals surface area (Å²) in [6, 6.07) is 8.11. The van der Waals surface area contributed by atoms with E-state index in [2.05, 4.69) is 55.6 Å². The molecule has 0 radical (unpaired) electrons. The van der Waals surface area contributed by atoms with E-state index in [4.69, 9.17) is 10.5 Å². The van der Waals surface area contributed by atoms with Crippen LogP contribution in [0.15, 0.2) is 52.8 Å². The Morgan fingerprint density at radius 1 is 1.27 bits per heavy atom. The average Bonchev–Trinajstić information content (AvgIpc) is 3.34. The molecular weight excluding hydrogens is 466 g/mol. The van der Waals surface area contributed by atoms with Crippen molar-refractivity contribution in [1.82, 2.24) is 25.1 Å². The Hall–Kier alpha value is -3.63. The third-order valence-corrected chi connectivity index (χ3v) is 5.48. The first-order valence-electron chi connectivity index (χ1n) is 12.8. The fraction of sp³-hybridized carbons (Fsp3) is 0.444. The summed E-state index contributed by atoms with van der Waals surface area (Å²) in [6.45, 7) is 10.7. The van der Waals surface area contributed by atoms with Crippen molar-refractivity contribution in [3.05, 3.63) is 54.0 Å². The molecule has 10 nitrogen and oxygen atoms in total. The van der Waals surface area contributed by atoms with E-state index in [-0.39, 0.29) is 0 Å². The summed E-state index contributed by atoms with van der Waals surface area (Å²) < 4.78 is 7.50. The number of ether oxygens (including phenoxy) is 1. The molecule has 1 unspecified atom stereocenters. The minimum Gasteiger partial charge on any atom is -0.381 e. The summed E-state index contributed by atoms with van der Waals surface area (Å²) in [7, 11) is 1.86. The van der Waals surface area contributed by atoms with Gasteiger partial charge in [-0.15, -0.1) is 0 Å². The molecule has 0 aliphatic carbocycles. The molecule has 198 valence electrons. The first kappa shape index (κ1) is 27.9. The van der Waals surface area contributed by atoms with Crippen LogP contribution in [0.3, 0.4) is 0 Å². The molecule has 3 rings (SSSR count). The lowest BCUT2D eigenvalue weighted by Gasteiger charge is -2.11. The number of anilines is 2. The zero-order chi connectivity index (χ0) is 26.5. The smallest absolute Gasteiger partial charge is 0.169 e. The van der Waals surface area contributed by atoms with Crippen molar-refractivity contribution in [3.63, 3.8) is 0 Å². The lowest BCUT2D eigenvalue weighted by molar-refractivity contribution is 0.138. The van der Waals surface area contributed by atoms with Gasteiger partial charge in [0.05, 0.1) is 31.3 Å². The predicted octanol–water partition coefficient (Wildman–Crippen LogP) is 3.56. The van der Waals surface area contributed by atoms with Crippen molar-refractivity contribution >= 4 is 23.7 Å². The fourth-order valence-corrected chi connectivity index (χ4v) is 3.61. The average molecular weight is 506 g/mol. The Bertz CT molecular complexity index is 1170. The molecule has 0 bridgehead atoms. The van der Waals surface area contributed by atoms with Gasteiger partial charge < -0.3 is 21.1 Å². The molecule has 2 heterocycles. The van der Waals surface area contributed by atoms with Gasteiger partial charge in [0.1, 0.15) is 0 Å². The molecule has 0 saturated heterocycles. The van der Waals surface area contributed by atoms with Gasteiger partial charge in [-0.25, -0.2) is 15.0 Å². The summed E-state index contributed by atoms with van der Waals surface area (Å²) in [4.78, 5) is 18.1. The van der Waals surface area contributed by atoms with Crippen molar-refractivity contribution in [2.75, 3.05) is 43.9 Å². The van der Waals surface area contributed by atoms with E-state index in [0.29, 0.717) is 55.4 Å². The van der Waals surface area contributed by atoms with Gasteiger partial charge in [-0.1, -0.05) is 32.0 Å². The second-order valence-corrected chi connectivity index (χ2v) is 8.90. The highest BCUT2D eigenvalue weighted by atomic mass is 16.5. The van der Waals surface area contributed by atoms with Crippen LogP contribution < -0.4 is 16.4 Å². The Morgan fingerprint density at radius 3 is 2.89 bits per heavy atom. The third kappa shape index (κ3) is 9.07. The van der Waals surface area contributed by atoms with Crippen LogP contribution in [0.5, 0.6) is 0 Å². The molecule has 0 aliphatic rings. The van der Waals surface area contributed by atoms with Gasteiger partial charge in [0, 0.05) is 43.7 Å². The van der Waals surface area contributed by atoms with E-state index >= 15 is 0 Å². The maximum Gasteiger partial charge on any atom is 0.169 e. The summed E-state index contributed by atoms with van der Waals surface area (Å²) in [5.74, 6) is 2.01. The van der Waals surface area contributed by atoms with Crippen molar-refractivity contribution in [2.45, 2.75) is 33.7 Å². The van der Waals surface area contributed by atoms with Gasteiger partial charge in [0.15, 0.2) is 17.5 Å². The van der Waals surface area contributed by atoms with Crippen molar-refractivity contribution < 1.29 is 4.74 Å². The number of rotatable bonds is 14. The summed E-state index contributed by atoms with van der Waals surface area (Å²) in [6.07, 6.45) is 8.21. The van der Waals surface area contributed by atoms with Crippen LogP contribution in [0.1, 0.15) is 38.3 Å². The monoisotopic (exact) mass is 505 g/mol. The number of hydrogen-bond donors (Lipinski definition) is 3. The standard InChI is InChI=1S/C27H39N9O/c1-5-10-29-14-20(3)19-37-12-11-31-26(30-6-2)22-9-7-8-21(13-22)15-33-27-25(28)32-17-24(35-27)23-16-34-36(4)18-23/h7-9,11,13,16-18,20,29H,5-6,10,12,14-15,19H2,1-4H3,(H2,28,32)(H,33,35). The summed E-state index contributed by atoms with van der Waals surface area (Å²) in [5.41, 5.74) is 9.65. The zero-order valence-corrected chi connectivity index (χ0v) is 22.3. The minimum atomic E-state index is 0.345. The molecule has 3 aromatic rings. The van der Waals surface area contributed by atoms with Gasteiger partial charge in [-0.2, -0.15) is 5.10 Å². The molecule has 1 aromatic carbocycles. The second-order valence-electron chi connectivity index (χ2n) is 8.90. The van der Waals surface area contributed by atoms with Crippen LogP contribution in [-0.2, 0) is 18.3 Å². The normalized spacial score (nSPS) is 12.8. The first-order valence-corrected chi connectivity index (χ1v) is 12.8. The summed E-state index contributed by atoms with van der Waals surface area (Å²) in [5, 5.41) is 10.9. The Labute approximate surface area is 219 Å². The molecule has 1 atom stereocenters. The van der Waals surface area contributed by atoms with Gasteiger partial charge in [-0.3, -0.25) is 9.67 Å². The van der Waals surface area contributed by atoms with E-state index in [1.54, 1.807) is 23.3 Å². The lowest BCUT2D eigenvalue weighted by atomic mass is 10.1. The number of nitrogens with one attached hydrogen (secondary N) is 2. The van der Waals surface area contributed by atoms with Crippen molar-refractivity contribution in [3.8, 4) is 11.3 Å². The third-order valence-electron chi connectivity index (χ3n) is 5.48. The zero-order valence-electron chi connectivity index (χ0n) is 22.3. The van der Waals surface area contributed by atoms with Crippen LogP contribution >= 0.6 is 0 Å². The SMILES string of the molecule is CCCNCC(C)COCC=NC(=NCC)c1cccc(CNc2nc(-c3cnn(C)c3)cnc2N)c1. The maximum atomic E-state index is 6.07. The Balaban J connectivity index is 1.59.